The van der Waals surface area contributed by atoms with E-state index in [0.29, 0.717) is 40.7 Å². The van der Waals surface area contributed by atoms with Crippen LogP contribution in [0.1, 0.15) is 26.0 Å². The van der Waals surface area contributed by atoms with E-state index in [4.69, 9.17) is 11.6 Å². The Bertz CT molecular complexity index is 1130. The lowest BCUT2D eigenvalue weighted by Gasteiger charge is -2.12. The lowest BCUT2D eigenvalue weighted by Crippen LogP contribution is -2.25. The lowest BCUT2D eigenvalue weighted by molar-refractivity contribution is -0.113. The topological polar surface area (TPSA) is 81.8 Å². The van der Waals surface area contributed by atoms with E-state index in [1.165, 1.54) is 30.0 Å². The van der Waals surface area contributed by atoms with Gasteiger partial charge in [0.15, 0.2) is 10.7 Å². The summed E-state index contributed by atoms with van der Waals surface area (Å²) in [5, 5.41) is 7.45. The Labute approximate surface area is 176 Å². The third kappa shape index (κ3) is 4.45. The first-order valence-electron chi connectivity index (χ1n) is 9.21. The van der Waals surface area contributed by atoms with Crippen LogP contribution in [0, 0.1) is 12.7 Å². The molecule has 0 atom stereocenters. The van der Waals surface area contributed by atoms with Crippen molar-refractivity contribution in [2.75, 3.05) is 11.1 Å². The molecule has 29 heavy (non-hydrogen) atoms. The van der Waals surface area contributed by atoms with Gasteiger partial charge in [0.05, 0.1) is 16.5 Å². The zero-order valence-electron chi connectivity index (χ0n) is 16.3. The molecule has 0 bridgehead atoms. The number of carbonyl (C=O) groups excluding carboxylic acids is 1. The molecule has 2 aromatic heterocycles. The van der Waals surface area contributed by atoms with Gasteiger partial charge in [0.25, 0.3) is 5.56 Å². The summed E-state index contributed by atoms with van der Waals surface area (Å²) in [6.07, 6.45) is 0.750. The van der Waals surface area contributed by atoms with Crippen LogP contribution < -0.4 is 10.9 Å². The number of amides is 1. The fraction of sp³-hybridized carbons (Fsp3) is 0.368. The molecule has 0 spiro atoms. The fourth-order valence-electron chi connectivity index (χ4n) is 2.95. The standard InChI is InChI=1S/C19H21ClFN5O2S/c1-4-8-25-18(28)17-16(11(3)24-26(17)5-2)23-19(25)29-10-15(27)22-12-6-7-14(21)13(20)9-12/h6-7,9H,4-5,8,10H2,1-3H3,(H,22,27). The SMILES string of the molecule is CCCn1c(SCC(=O)Nc2ccc(F)c(Cl)c2)nc2c(C)nn(CC)c2c1=O. The molecule has 0 aliphatic heterocycles. The number of halogens is 2. The highest BCUT2D eigenvalue weighted by Gasteiger charge is 2.18. The highest BCUT2D eigenvalue weighted by atomic mass is 35.5. The molecule has 3 aromatic rings. The molecule has 0 radical (unpaired) electrons. The Morgan fingerprint density at radius 1 is 1.34 bits per heavy atom. The Morgan fingerprint density at radius 2 is 2.10 bits per heavy atom. The summed E-state index contributed by atoms with van der Waals surface area (Å²) >= 11 is 6.91. The van der Waals surface area contributed by atoms with E-state index in [2.05, 4.69) is 15.4 Å². The lowest BCUT2D eigenvalue weighted by atomic mass is 10.3. The molecular formula is C19H21ClFN5O2S. The van der Waals surface area contributed by atoms with E-state index in [0.717, 1.165) is 6.42 Å². The smallest absolute Gasteiger partial charge is 0.280 e. The first kappa shape index (κ1) is 21.3. The number of hydrogen-bond donors (Lipinski definition) is 1. The molecule has 154 valence electrons. The second kappa shape index (κ2) is 8.96. The normalized spacial score (nSPS) is 11.2. The van der Waals surface area contributed by atoms with Crippen molar-refractivity contribution in [1.29, 1.82) is 0 Å². The number of benzene rings is 1. The van der Waals surface area contributed by atoms with Crippen molar-refractivity contribution in [3.8, 4) is 0 Å². The number of hydrogen-bond acceptors (Lipinski definition) is 5. The summed E-state index contributed by atoms with van der Waals surface area (Å²) in [6, 6.07) is 3.97. The van der Waals surface area contributed by atoms with E-state index in [1.54, 1.807) is 9.25 Å². The van der Waals surface area contributed by atoms with Crippen molar-refractivity contribution in [3.63, 3.8) is 0 Å². The van der Waals surface area contributed by atoms with Crippen molar-refractivity contribution in [3.05, 3.63) is 45.1 Å². The van der Waals surface area contributed by atoms with E-state index in [1.807, 2.05) is 20.8 Å². The zero-order valence-corrected chi connectivity index (χ0v) is 17.9. The van der Waals surface area contributed by atoms with Crippen LogP contribution in [0.3, 0.4) is 0 Å². The number of carbonyl (C=O) groups is 1. The van der Waals surface area contributed by atoms with Gasteiger partial charge in [-0.1, -0.05) is 30.3 Å². The summed E-state index contributed by atoms with van der Waals surface area (Å²) in [7, 11) is 0. The quantitative estimate of drug-likeness (QED) is 0.448. The number of thioether (sulfide) groups is 1. The summed E-state index contributed by atoms with van der Waals surface area (Å²) in [4.78, 5) is 30.0. The number of aryl methyl sites for hydroxylation is 2. The Morgan fingerprint density at radius 3 is 2.76 bits per heavy atom. The van der Waals surface area contributed by atoms with Crippen molar-refractivity contribution < 1.29 is 9.18 Å². The van der Waals surface area contributed by atoms with Crippen LogP contribution in [0.4, 0.5) is 10.1 Å². The molecule has 1 N–H and O–H groups in total. The maximum atomic E-state index is 13.3. The Hall–Kier alpha value is -2.39. The van der Waals surface area contributed by atoms with E-state index >= 15 is 0 Å². The minimum absolute atomic E-state index is 0.0393. The van der Waals surface area contributed by atoms with Crippen LogP contribution in [0.15, 0.2) is 28.2 Å². The van der Waals surface area contributed by atoms with E-state index in [9.17, 15) is 14.0 Å². The van der Waals surface area contributed by atoms with Crippen LogP contribution in [0.2, 0.25) is 5.02 Å². The van der Waals surface area contributed by atoms with Crippen molar-refractivity contribution in [1.82, 2.24) is 19.3 Å². The highest BCUT2D eigenvalue weighted by Crippen LogP contribution is 2.22. The molecule has 1 amide bonds. The van der Waals surface area contributed by atoms with Gasteiger partial charge in [0.1, 0.15) is 11.3 Å². The van der Waals surface area contributed by atoms with Gasteiger partial charge >= 0.3 is 0 Å². The van der Waals surface area contributed by atoms with Crippen LogP contribution in [0.25, 0.3) is 11.0 Å². The van der Waals surface area contributed by atoms with Gasteiger partial charge in [-0.15, -0.1) is 0 Å². The molecule has 0 unspecified atom stereocenters. The number of nitrogens with one attached hydrogen (secondary N) is 1. The van der Waals surface area contributed by atoms with E-state index in [-0.39, 0.29) is 22.2 Å². The van der Waals surface area contributed by atoms with Crippen LogP contribution in [-0.2, 0) is 17.9 Å². The number of aromatic nitrogens is 4. The highest BCUT2D eigenvalue weighted by molar-refractivity contribution is 7.99. The number of fused-ring (bicyclic) bond motifs is 1. The maximum absolute atomic E-state index is 13.3. The fourth-order valence-corrected chi connectivity index (χ4v) is 3.95. The summed E-state index contributed by atoms with van der Waals surface area (Å²) < 4.78 is 16.5. The predicted octanol–water partition coefficient (Wildman–Crippen LogP) is 3.85. The van der Waals surface area contributed by atoms with Gasteiger partial charge < -0.3 is 5.32 Å². The summed E-state index contributed by atoms with van der Waals surface area (Å²) in [6.45, 7) is 6.77. The molecular weight excluding hydrogens is 417 g/mol. The van der Waals surface area contributed by atoms with Gasteiger partial charge in [0.2, 0.25) is 5.91 Å². The van der Waals surface area contributed by atoms with Gasteiger partial charge in [-0.25, -0.2) is 9.37 Å². The maximum Gasteiger partial charge on any atom is 0.280 e. The number of nitrogens with zero attached hydrogens (tertiary/aromatic N) is 4. The van der Waals surface area contributed by atoms with Gasteiger partial charge in [-0.05, 0) is 38.5 Å². The van der Waals surface area contributed by atoms with Crippen LogP contribution in [-0.4, -0.2) is 31.0 Å². The van der Waals surface area contributed by atoms with Crippen molar-refractivity contribution in [2.45, 2.75) is 45.4 Å². The molecule has 2 heterocycles. The second-order valence-corrected chi connectivity index (χ2v) is 7.76. The minimum Gasteiger partial charge on any atom is -0.325 e. The van der Waals surface area contributed by atoms with Crippen LogP contribution >= 0.6 is 23.4 Å². The number of anilines is 1. The Kier molecular flexibility index (Phi) is 6.59. The molecule has 0 aliphatic carbocycles. The molecule has 0 fully saturated rings. The molecule has 0 aliphatic rings. The third-order valence-corrected chi connectivity index (χ3v) is 5.53. The first-order chi connectivity index (χ1) is 13.8. The molecule has 0 saturated carbocycles. The molecule has 10 heteroatoms. The van der Waals surface area contributed by atoms with Gasteiger partial charge in [-0.3, -0.25) is 18.8 Å². The van der Waals surface area contributed by atoms with Crippen molar-refractivity contribution >= 4 is 46.0 Å². The Balaban J connectivity index is 1.85. The zero-order chi connectivity index (χ0) is 21.1. The summed E-state index contributed by atoms with van der Waals surface area (Å²) in [5.74, 6) is -0.823. The molecule has 1 aromatic carbocycles. The average molecular weight is 438 g/mol. The van der Waals surface area contributed by atoms with Gasteiger partial charge in [0, 0.05) is 18.8 Å². The average Bonchev–Trinajstić information content (AvgIpc) is 3.01. The summed E-state index contributed by atoms with van der Waals surface area (Å²) in [5.41, 5.74) is 1.95. The third-order valence-electron chi connectivity index (χ3n) is 4.26. The predicted molar refractivity (Wildman–Crippen MR) is 113 cm³/mol. The molecule has 3 rings (SSSR count). The van der Waals surface area contributed by atoms with E-state index < -0.39 is 5.82 Å². The van der Waals surface area contributed by atoms with Crippen molar-refractivity contribution in [2.24, 2.45) is 0 Å². The molecule has 0 saturated heterocycles. The number of rotatable bonds is 7. The first-order valence-corrected chi connectivity index (χ1v) is 10.6. The minimum atomic E-state index is -0.553. The largest absolute Gasteiger partial charge is 0.325 e. The van der Waals surface area contributed by atoms with Gasteiger partial charge in [-0.2, -0.15) is 5.10 Å². The second-order valence-electron chi connectivity index (χ2n) is 6.42. The monoisotopic (exact) mass is 437 g/mol. The molecule has 7 nitrogen and oxygen atoms in total. The van der Waals surface area contributed by atoms with Crippen LogP contribution in [0.5, 0.6) is 0 Å².